The smallest absolute Gasteiger partial charge is 0.262 e. The van der Waals surface area contributed by atoms with Gasteiger partial charge in [-0.05, 0) is 38.0 Å². The van der Waals surface area contributed by atoms with E-state index in [9.17, 15) is 4.79 Å². The van der Waals surface area contributed by atoms with Crippen molar-refractivity contribution in [3.8, 4) is 0 Å². The van der Waals surface area contributed by atoms with Crippen LogP contribution in [0.25, 0.3) is 10.9 Å². The first kappa shape index (κ1) is 19.2. The summed E-state index contributed by atoms with van der Waals surface area (Å²) >= 11 is 7.61. The van der Waals surface area contributed by atoms with Crippen LogP contribution in [-0.4, -0.2) is 42.2 Å². The van der Waals surface area contributed by atoms with Crippen molar-refractivity contribution < 1.29 is 9.47 Å². The van der Waals surface area contributed by atoms with Gasteiger partial charge in [-0.15, -0.1) is 0 Å². The molecule has 0 radical (unpaired) electrons. The van der Waals surface area contributed by atoms with E-state index >= 15 is 0 Å². The summed E-state index contributed by atoms with van der Waals surface area (Å²) in [5, 5.41) is 1.90. The molecule has 2 aromatic rings. The Kier molecular flexibility index (Phi) is 8.05. The van der Waals surface area contributed by atoms with E-state index in [1.54, 1.807) is 41.6 Å². The second-order valence-corrected chi connectivity index (χ2v) is 6.76. The minimum Gasteiger partial charge on any atom is -0.385 e. The third-order valence-electron chi connectivity index (χ3n) is 3.48. The number of benzene rings is 1. The van der Waals surface area contributed by atoms with Crippen molar-refractivity contribution in [3.05, 3.63) is 33.6 Å². The zero-order chi connectivity index (χ0) is 17.4. The Morgan fingerprint density at radius 1 is 1.29 bits per heavy atom. The fourth-order valence-electron chi connectivity index (χ4n) is 2.32. The molecule has 2 rings (SSSR count). The molecule has 0 aliphatic carbocycles. The van der Waals surface area contributed by atoms with Gasteiger partial charge in [0.25, 0.3) is 5.56 Å². The van der Waals surface area contributed by atoms with E-state index in [2.05, 4.69) is 4.98 Å². The van der Waals surface area contributed by atoms with Crippen molar-refractivity contribution in [2.45, 2.75) is 31.5 Å². The number of halogens is 1. The van der Waals surface area contributed by atoms with Crippen LogP contribution < -0.4 is 5.56 Å². The van der Waals surface area contributed by atoms with Crippen molar-refractivity contribution >= 4 is 34.3 Å². The number of aromatic nitrogens is 2. The molecule has 0 fully saturated rings. The van der Waals surface area contributed by atoms with E-state index in [0.29, 0.717) is 42.3 Å². The molecular weight excluding hydrogens is 348 g/mol. The maximum absolute atomic E-state index is 12.8. The van der Waals surface area contributed by atoms with Crippen LogP contribution in [0.2, 0.25) is 5.02 Å². The SMILES string of the molecule is CCOCCCn1c(SCCCOC)nc2cc(Cl)ccc2c1=O. The molecule has 0 spiro atoms. The van der Waals surface area contributed by atoms with E-state index < -0.39 is 0 Å². The van der Waals surface area contributed by atoms with Gasteiger partial charge in [0.2, 0.25) is 0 Å². The Bertz CT molecular complexity index is 721. The number of hydrogen-bond acceptors (Lipinski definition) is 5. The van der Waals surface area contributed by atoms with Crippen molar-refractivity contribution in [3.63, 3.8) is 0 Å². The lowest BCUT2D eigenvalue weighted by Crippen LogP contribution is -2.24. The third-order valence-corrected chi connectivity index (χ3v) is 4.78. The van der Waals surface area contributed by atoms with Crippen molar-refractivity contribution in [2.24, 2.45) is 0 Å². The third kappa shape index (κ3) is 5.21. The summed E-state index contributed by atoms with van der Waals surface area (Å²) in [5.41, 5.74) is 0.616. The number of rotatable bonds is 10. The molecule has 7 heteroatoms. The lowest BCUT2D eigenvalue weighted by Gasteiger charge is -2.13. The highest BCUT2D eigenvalue weighted by molar-refractivity contribution is 7.99. The first-order valence-corrected chi connectivity index (χ1v) is 9.43. The van der Waals surface area contributed by atoms with Gasteiger partial charge in [-0.25, -0.2) is 4.98 Å². The van der Waals surface area contributed by atoms with Crippen LogP contribution in [0.1, 0.15) is 19.8 Å². The maximum Gasteiger partial charge on any atom is 0.262 e. The highest BCUT2D eigenvalue weighted by Gasteiger charge is 2.12. The highest BCUT2D eigenvalue weighted by atomic mass is 35.5. The van der Waals surface area contributed by atoms with E-state index in [1.165, 1.54) is 0 Å². The Labute approximate surface area is 151 Å². The highest BCUT2D eigenvalue weighted by Crippen LogP contribution is 2.21. The summed E-state index contributed by atoms with van der Waals surface area (Å²) < 4.78 is 12.2. The normalized spacial score (nSPS) is 11.3. The molecule has 0 bridgehead atoms. The van der Waals surface area contributed by atoms with Gasteiger partial charge in [-0.2, -0.15) is 0 Å². The largest absolute Gasteiger partial charge is 0.385 e. The average Bonchev–Trinajstić information content (AvgIpc) is 2.57. The van der Waals surface area contributed by atoms with E-state index in [4.69, 9.17) is 21.1 Å². The van der Waals surface area contributed by atoms with Crippen LogP contribution in [0.5, 0.6) is 0 Å². The Hall–Kier alpha value is -1.08. The maximum atomic E-state index is 12.8. The number of fused-ring (bicyclic) bond motifs is 1. The molecule has 0 aliphatic heterocycles. The molecule has 1 heterocycles. The van der Waals surface area contributed by atoms with E-state index in [1.807, 2.05) is 6.92 Å². The standard InChI is InChI=1S/C17H23ClN2O3S/c1-3-23-10-4-8-20-16(21)14-7-6-13(18)12-15(14)19-17(20)24-11-5-9-22-2/h6-7,12H,3-5,8-11H2,1-2H3. The van der Waals surface area contributed by atoms with Crippen LogP contribution >= 0.6 is 23.4 Å². The Balaban J connectivity index is 2.28. The van der Waals surface area contributed by atoms with Crippen LogP contribution in [-0.2, 0) is 16.0 Å². The number of nitrogens with zero attached hydrogens (tertiary/aromatic N) is 2. The summed E-state index contributed by atoms with van der Waals surface area (Å²) in [7, 11) is 1.69. The number of hydrogen-bond donors (Lipinski definition) is 0. The monoisotopic (exact) mass is 370 g/mol. The minimum atomic E-state index is -0.0255. The Morgan fingerprint density at radius 2 is 2.12 bits per heavy atom. The summed E-state index contributed by atoms with van der Waals surface area (Å²) in [4.78, 5) is 17.5. The summed E-state index contributed by atoms with van der Waals surface area (Å²) in [5.74, 6) is 0.845. The predicted molar refractivity (Wildman–Crippen MR) is 99.3 cm³/mol. The molecular formula is C17H23ClN2O3S. The molecule has 0 unspecified atom stereocenters. The molecule has 0 saturated carbocycles. The first-order valence-electron chi connectivity index (χ1n) is 8.07. The number of thioether (sulfide) groups is 1. The molecule has 0 aliphatic rings. The summed E-state index contributed by atoms with van der Waals surface area (Å²) in [6.07, 6.45) is 1.68. The van der Waals surface area contributed by atoms with Crippen LogP contribution in [0.4, 0.5) is 0 Å². The van der Waals surface area contributed by atoms with Crippen molar-refractivity contribution in [1.82, 2.24) is 9.55 Å². The number of ether oxygens (including phenoxy) is 2. The molecule has 0 amide bonds. The van der Waals surface area contributed by atoms with Crippen LogP contribution in [0.15, 0.2) is 28.2 Å². The molecule has 1 aromatic heterocycles. The van der Waals surface area contributed by atoms with Gasteiger partial charge in [0.05, 0.1) is 10.9 Å². The van der Waals surface area contributed by atoms with Crippen LogP contribution in [0, 0.1) is 0 Å². The second kappa shape index (κ2) is 10.0. The average molecular weight is 371 g/mol. The molecule has 132 valence electrons. The molecule has 24 heavy (non-hydrogen) atoms. The second-order valence-electron chi connectivity index (χ2n) is 5.26. The first-order chi connectivity index (χ1) is 11.7. The minimum absolute atomic E-state index is 0.0255. The zero-order valence-electron chi connectivity index (χ0n) is 14.1. The molecule has 0 N–H and O–H groups in total. The lowest BCUT2D eigenvalue weighted by molar-refractivity contribution is 0.140. The van der Waals surface area contributed by atoms with Gasteiger partial charge < -0.3 is 9.47 Å². The fraction of sp³-hybridized carbons (Fsp3) is 0.529. The lowest BCUT2D eigenvalue weighted by atomic mass is 10.2. The predicted octanol–water partition coefficient (Wildman–Crippen LogP) is 3.61. The van der Waals surface area contributed by atoms with Crippen molar-refractivity contribution in [1.29, 1.82) is 0 Å². The summed E-state index contributed by atoms with van der Waals surface area (Å²) in [6.45, 7) is 4.57. The van der Waals surface area contributed by atoms with Gasteiger partial charge in [-0.3, -0.25) is 9.36 Å². The fourth-order valence-corrected chi connectivity index (χ4v) is 3.42. The Morgan fingerprint density at radius 3 is 2.88 bits per heavy atom. The van der Waals surface area contributed by atoms with Crippen molar-refractivity contribution in [2.75, 3.05) is 32.7 Å². The van der Waals surface area contributed by atoms with E-state index in [-0.39, 0.29) is 5.56 Å². The van der Waals surface area contributed by atoms with Gasteiger partial charge in [-0.1, -0.05) is 23.4 Å². The van der Waals surface area contributed by atoms with Gasteiger partial charge in [0, 0.05) is 44.3 Å². The molecule has 0 atom stereocenters. The molecule has 5 nitrogen and oxygen atoms in total. The van der Waals surface area contributed by atoms with E-state index in [0.717, 1.165) is 23.8 Å². The quantitative estimate of drug-likeness (QED) is 0.363. The van der Waals surface area contributed by atoms with Gasteiger partial charge >= 0.3 is 0 Å². The number of methoxy groups -OCH3 is 1. The molecule has 0 saturated heterocycles. The van der Waals surface area contributed by atoms with Gasteiger partial charge in [0.1, 0.15) is 0 Å². The summed E-state index contributed by atoms with van der Waals surface area (Å²) in [6, 6.07) is 5.20. The van der Waals surface area contributed by atoms with Gasteiger partial charge in [0.15, 0.2) is 5.16 Å². The topological polar surface area (TPSA) is 53.4 Å². The van der Waals surface area contributed by atoms with Crippen LogP contribution in [0.3, 0.4) is 0 Å². The molecule has 1 aromatic carbocycles. The zero-order valence-corrected chi connectivity index (χ0v) is 15.7.